The lowest BCUT2D eigenvalue weighted by molar-refractivity contribution is -0.870. The van der Waals surface area contributed by atoms with Gasteiger partial charge in [0.25, 0.3) is 7.82 Å². The number of unbranched alkanes of at least 4 members (excludes halogenated alkanes) is 37. The van der Waals surface area contributed by atoms with E-state index in [1.807, 2.05) is 27.2 Å². The van der Waals surface area contributed by atoms with Crippen molar-refractivity contribution in [2.24, 2.45) is 0 Å². The number of nitrogens with zero attached hydrogens (tertiary/aromatic N) is 1. The monoisotopic (exact) mass is 1060 g/mol. The zero-order valence-corrected chi connectivity index (χ0v) is 50.4. The van der Waals surface area contributed by atoms with E-state index in [0.29, 0.717) is 17.4 Å². The normalized spacial score (nSPS) is 14.2. The molecular weight excluding hydrogens is 936 g/mol. The summed E-state index contributed by atoms with van der Waals surface area (Å²) < 4.78 is 23.4. The Labute approximate surface area is 460 Å². The molecule has 8 nitrogen and oxygen atoms in total. The first-order valence-corrected chi connectivity index (χ1v) is 33.1. The molecule has 0 aromatic heterocycles. The molecule has 74 heavy (non-hydrogen) atoms. The number of quaternary nitrogens is 1. The molecule has 0 aromatic rings. The fourth-order valence-electron chi connectivity index (χ4n) is 9.24. The first-order chi connectivity index (χ1) is 36.0. The van der Waals surface area contributed by atoms with Crippen LogP contribution in [0.1, 0.15) is 296 Å². The van der Waals surface area contributed by atoms with E-state index in [4.69, 9.17) is 9.05 Å². The van der Waals surface area contributed by atoms with Crippen molar-refractivity contribution in [2.45, 2.75) is 309 Å². The van der Waals surface area contributed by atoms with Crippen LogP contribution in [0.4, 0.5) is 0 Å². The van der Waals surface area contributed by atoms with Gasteiger partial charge in [0.15, 0.2) is 0 Å². The largest absolute Gasteiger partial charge is 0.756 e. The second-order valence-electron chi connectivity index (χ2n) is 22.8. The number of carbonyl (C=O) groups is 1. The van der Waals surface area contributed by atoms with Gasteiger partial charge in [-0.15, -0.1) is 0 Å². The Bertz CT molecular complexity index is 1390. The van der Waals surface area contributed by atoms with Crippen LogP contribution in [0.2, 0.25) is 0 Å². The van der Waals surface area contributed by atoms with Gasteiger partial charge in [0, 0.05) is 6.42 Å². The molecular formula is C65H123N2O6P. The number of rotatable bonds is 58. The van der Waals surface area contributed by atoms with Crippen LogP contribution < -0.4 is 10.2 Å². The molecule has 0 aliphatic carbocycles. The van der Waals surface area contributed by atoms with Gasteiger partial charge in [-0.2, -0.15) is 0 Å². The van der Waals surface area contributed by atoms with E-state index >= 15 is 0 Å². The van der Waals surface area contributed by atoms with Crippen LogP contribution in [0.3, 0.4) is 0 Å². The van der Waals surface area contributed by atoms with Gasteiger partial charge in [-0.1, -0.05) is 280 Å². The lowest BCUT2D eigenvalue weighted by atomic mass is 10.0. The number of phosphoric ester groups is 1. The minimum Gasteiger partial charge on any atom is -0.756 e. The molecule has 0 fully saturated rings. The molecule has 0 spiro atoms. The maximum atomic E-state index is 13.0. The van der Waals surface area contributed by atoms with Crippen molar-refractivity contribution >= 4 is 13.7 Å². The number of phosphoric acid groups is 1. The van der Waals surface area contributed by atoms with Gasteiger partial charge < -0.3 is 28.8 Å². The number of amides is 1. The maximum Gasteiger partial charge on any atom is 0.268 e. The molecule has 434 valence electrons. The first kappa shape index (κ1) is 72.2. The topological polar surface area (TPSA) is 108 Å². The van der Waals surface area contributed by atoms with Crippen LogP contribution in [0, 0.1) is 0 Å². The Hall–Kier alpha value is -1.80. The molecule has 9 heteroatoms. The van der Waals surface area contributed by atoms with Gasteiger partial charge in [0.1, 0.15) is 13.2 Å². The molecule has 0 aliphatic rings. The Morgan fingerprint density at radius 3 is 1.19 bits per heavy atom. The summed E-state index contributed by atoms with van der Waals surface area (Å²) >= 11 is 0. The first-order valence-electron chi connectivity index (χ1n) is 31.7. The summed E-state index contributed by atoms with van der Waals surface area (Å²) in [6.45, 7) is 4.64. The SMILES string of the molecule is CCCCCCC/C=C\C/C=C\C/C=C\CCCCCCCCCCC(=O)NC(COP(=O)([O-])OCC[N+](C)(C)C)C(O)/C=C/CC/C=C/CCCCCCCCCCCCCCCCCCCCCCCCC. The van der Waals surface area contributed by atoms with Crippen molar-refractivity contribution in [1.82, 2.24) is 5.32 Å². The third-order valence-corrected chi connectivity index (χ3v) is 15.2. The van der Waals surface area contributed by atoms with Gasteiger partial charge in [-0.05, 0) is 70.6 Å². The third-order valence-electron chi connectivity index (χ3n) is 14.2. The molecule has 2 N–H and O–H groups in total. The molecule has 0 heterocycles. The number of aliphatic hydroxyl groups excluding tert-OH is 1. The molecule has 1 amide bonds. The van der Waals surface area contributed by atoms with Crippen molar-refractivity contribution in [2.75, 3.05) is 40.9 Å². The zero-order valence-electron chi connectivity index (χ0n) is 49.5. The summed E-state index contributed by atoms with van der Waals surface area (Å²) in [6.07, 6.45) is 76.1. The van der Waals surface area contributed by atoms with Gasteiger partial charge in [-0.3, -0.25) is 9.36 Å². The number of hydrogen-bond donors (Lipinski definition) is 2. The van der Waals surface area contributed by atoms with Crippen LogP contribution >= 0.6 is 7.82 Å². The number of likely N-dealkylation sites (N-methyl/N-ethyl adjacent to an activating group) is 1. The molecule has 0 aliphatic heterocycles. The molecule has 0 saturated carbocycles. The second-order valence-corrected chi connectivity index (χ2v) is 24.2. The van der Waals surface area contributed by atoms with Crippen molar-refractivity contribution in [3.05, 3.63) is 60.8 Å². The van der Waals surface area contributed by atoms with E-state index in [1.54, 1.807) is 6.08 Å². The van der Waals surface area contributed by atoms with E-state index in [2.05, 4.69) is 67.8 Å². The van der Waals surface area contributed by atoms with Crippen molar-refractivity contribution in [3.8, 4) is 0 Å². The zero-order chi connectivity index (χ0) is 54.2. The predicted molar refractivity (Wildman–Crippen MR) is 321 cm³/mol. The summed E-state index contributed by atoms with van der Waals surface area (Å²) in [5.74, 6) is -0.213. The highest BCUT2D eigenvalue weighted by atomic mass is 31.2. The highest BCUT2D eigenvalue weighted by Gasteiger charge is 2.23. The fourth-order valence-corrected chi connectivity index (χ4v) is 9.96. The molecule has 3 atom stereocenters. The average molecular weight is 1060 g/mol. The predicted octanol–water partition coefficient (Wildman–Crippen LogP) is 19.0. The number of carbonyl (C=O) groups excluding carboxylic acids is 1. The lowest BCUT2D eigenvalue weighted by Crippen LogP contribution is -2.45. The molecule has 0 rings (SSSR count). The Balaban J connectivity index is 4.20. The number of aliphatic hydroxyl groups is 1. The molecule has 0 radical (unpaired) electrons. The van der Waals surface area contributed by atoms with Crippen molar-refractivity contribution < 1.29 is 32.9 Å². The van der Waals surface area contributed by atoms with Crippen molar-refractivity contribution in [1.29, 1.82) is 0 Å². The Morgan fingerprint density at radius 2 is 0.797 bits per heavy atom. The van der Waals surface area contributed by atoms with E-state index in [-0.39, 0.29) is 12.5 Å². The minimum atomic E-state index is -4.61. The van der Waals surface area contributed by atoms with E-state index < -0.39 is 26.6 Å². The summed E-state index contributed by atoms with van der Waals surface area (Å²) in [5.41, 5.74) is 0. The van der Waals surface area contributed by atoms with Crippen LogP contribution in [0.5, 0.6) is 0 Å². The van der Waals surface area contributed by atoms with E-state index in [0.717, 1.165) is 64.2 Å². The molecule has 0 aromatic carbocycles. The Kier molecular flexibility index (Phi) is 54.6. The molecule has 3 unspecified atom stereocenters. The highest BCUT2D eigenvalue weighted by Crippen LogP contribution is 2.38. The number of hydrogen-bond acceptors (Lipinski definition) is 6. The fraction of sp³-hybridized carbons (Fsp3) is 0.831. The summed E-state index contributed by atoms with van der Waals surface area (Å²) in [5, 5.41) is 13.9. The van der Waals surface area contributed by atoms with E-state index in [1.165, 1.54) is 212 Å². The second kappa shape index (κ2) is 55.9. The average Bonchev–Trinajstić information content (AvgIpc) is 3.36. The minimum absolute atomic E-state index is 0.00966. The lowest BCUT2D eigenvalue weighted by Gasteiger charge is -2.29. The number of nitrogens with one attached hydrogen (secondary N) is 1. The molecule has 0 bridgehead atoms. The smallest absolute Gasteiger partial charge is 0.268 e. The van der Waals surface area contributed by atoms with Gasteiger partial charge in [0.05, 0.1) is 39.9 Å². The summed E-state index contributed by atoms with van der Waals surface area (Å²) in [4.78, 5) is 25.5. The van der Waals surface area contributed by atoms with Gasteiger partial charge in [-0.25, -0.2) is 0 Å². The summed E-state index contributed by atoms with van der Waals surface area (Å²) in [7, 11) is 1.24. The Morgan fingerprint density at radius 1 is 0.473 bits per heavy atom. The van der Waals surface area contributed by atoms with Crippen LogP contribution in [-0.4, -0.2) is 68.5 Å². The summed E-state index contributed by atoms with van der Waals surface area (Å²) in [6, 6.07) is -0.911. The van der Waals surface area contributed by atoms with Crippen LogP contribution in [0.25, 0.3) is 0 Å². The third kappa shape index (κ3) is 57.9. The standard InChI is InChI=1S/C65H123N2O6P/c1-6-8-10-12-14-16-18-20-22-24-26-28-30-31-32-33-34-35-37-38-40-42-44-46-48-50-52-54-56-58-64(68)63(62-73-74(70,71)72-61-60-67(3,4)5)66-65(69)59-57-55-53-51-49-47-45-43-41-39-36-29-27-25-23-21-19-17-15-13-11-9-7-2/h19,21,25,27,36,39,48,50,56,58,63-64,68H,6-18,20,22-24,26,28-35,37-38,40-47,49,51-55,57,59-62H2,1-5H3,(H-,66,69,70,71)/b21-19-,27-25-,39-36-,50-48+,58-56+. The van der Waals surface area contributed by atoms with Gasteiger partial charge >= 0.3 is 0 Å². The number of allylic oxidation sites excluding steroid dienone is 9. The molecule has 0 saturated heterocycles. The van der Waals surface area contributed by atoms with Gasteiger partial charge in [0.2, 0.25) is 5.91 Å². The van der Waals surface area contributed by atoms with Crippen molar-refractivity contribution in [3.63, 3.8) is 0 Å². The quantitative estimate of drug-likeness (QED) is 0.0272. The highest BCUT2D eigenvalue weighted by molar-refractivity contribution is 7.45. The van der Waals surface area contributed by atoms with Crippen LogP contribution in [0.15, 0.2) is 60.8 Å². The maximum absolute atomic E-state index is 13.0. The van der Waals surface area contributed by atoms with Crippen LogP contribution in [-0.2, 0) is 18.4 Å². The van der Waals surface area contributed by atoms with E-state index in [9.17, 15) is 19.4 Å².